The molecule has 1 aromatic carbocycles. The number of hydrogen-bond acceptors (Lipinski definition) is 4. The molecule has 1 atom stereocenters. The van der Waals surface area contributed by atoms with Crippen molar-refractivity contribution in [3.8, 4) is 0 Å². The van der Waals surface area contributed by atoms with Gasteiger partial charge in [-0.2, -0.15) is 0 Å². The SMILES string of the molecule is Cc1ccc([C@H](NCC(=O)NCC(N)=O)c2cccs2)cc1. The summed E-state index contributed by atoms with van der Waals surface area (Å²) in [6.07, 6.45) is 0. The summed E-state index contributed by atoms with van der Waals surface area (Å²) in [5, 5.41) is 7.70. The van der Waals surface area contributed by atoms with E-state index in [-0.39, 0.29) is 25.0 Å². The molecule has 4 N–H and O–H groups in total. The van der Waals surface area contributed by atoms with Crippen molar-refractivity contribution in [3.05, 3.63) is 57.8 Å². The van der Waals surface area contributed by atoms with Crippen LogP contribution in [0.5, 0.6) is 0 Å². The van der Waals surface area contributed by atoms with Gasteiger partial charge in [0.1, 0.15) is 0 Å². The number of thiophene rings is 1. The quantitative estimate of drug-likeness (QED) is 0.720. The first-order valence-corrected chi connectivity index (χ1v) is 7.82. The lowest BCUT2D eigenvalue weighted by Gasteiger charge is -2.18. The minimum Gasteiger partial charge on any atom is -0.368 e. The maximum absolute atomic E-state index is 11.7. The zero-order chi connectivity index (χ0) is 15.9. The first kappa shape index (κ1) is 16.2. The molecule has 0 fully saturated rings. The number of amides is 2. The van der Waals surface area contributed by atoms with Gasteiger partial charge in [0.2, 0.25) is 11.8 Å². The fourth-order valence-corrected chi connectivity index (χ4v) is 2.87. The summed E-state index contributed by atoms with van der Waals surface area (Å²) in [4.78, 5) is 23.5. The van der Waals surface area contributed by atoms with Crippen LogP contribution in [0.2, 0.25) is 0 Å². The van der Waals surface area contributed by atoms with Crippen LogP contribution in [0.25, 0.3) is 0 Å². The Morgan fingerprint density at radius 1 is 1.18 bits per heavy atom. The number of nitrogens with two attached hydrogens (primary N) is 1. The molecule has 5 nitrogen and oxygen atoms in total. The number of benzene rings is 1. The van der Waals surface area contributed by atoms with E-state index in [1.165, 1.54) is 5.56 Å². The lowest BCUT2D eigenvalue weighted by atomic mass is 10.0. The molecule has 22 heavy (non-hydrogen) atoms. The van der Waals surface area contributed by atoms with E-state index in [1.54, 1.807) is 11.3 Å². The minimum absolute atomic E-state index is 0.0556. The third-order valence-electron chi connectivity index (χ3n) is 3.16. The molecule has 0 aliphatic carbocycles. The highest BCUT2D eigenvalue weighted by Crippen LogP contribution is 2.26. The summed E-state index contributed by atoms with van der Waals surface area (Å²) >= 11 is 1.63. The number of nitrogens with one attached hydrogen (secondary N) is 2. The van der Waals surface area contributed by atoms with Crippen molar-refractivity contribution in [2.24, 2.45) is 5.73 Å². The molecular formula is C16H19N3O2S. The lowest BCUT2D eigenvalue weighted by Crippen LogP contribution is -2.39. The Morgan fingerprint density at radius 2 is 1.91 bits per heavy atom. The maximum atomic E-state index is 11.7. The van der Waals surface area contributed by atoms with Crippen LogP contribution in [0, 0.1) is 6.92 Å². The summed E-state index contributed by atoms with van der Waals surface area (Å²) < 4.78 is 0. The second-order valence-corrected chi connectivity index (χ2v) is 5.96. The van der Waals surface area contributed by atoms with Gasteiger partial charge in [0, 0.05) is 4.88 Å². The van der Waals surface area contributed by atoms with Crippen molar-refractivity contribution in [1.82, 2.24) is 10.6 Å². The summed E-state index contributed by atoms with van der Waals surface area (Å²) in [5.41, 5.74) is 7.29. The molecule has 0 aliphatic rings. The average Bonchev–Trinajstić information content (AvgIpc) is 3.01. The van der Waals surface area contributed by atoms with Gasteiger partial charge in [0.25, 0.3) is 0 Å². The highest BCUT2D eigenvalue weighted by Gasteiger charge is 2.16. The number of hydrogen-bond donors (Lipinski definition) is 3. The van der Waals surface area contributed by atoms with Crippen molar-refractivity contribution in [1.29, 1.82) is 0 Å². The van der Waals surface area contributed by atoms with Crippen LogP contribution in [-0.4, -0.2) is 24.9 Å². The second kappa shape index (κ2) is 7.72. The fraction of sp³-hybridized carbons (Fsp3) is 0.250. The smallest absolute Gasteiger partial charge is 0.236 e. The molecule has 0 bridgehead atoms. The number of aryl methyl sites for hydroxylation is 1. The Kier molecular flexibility index (Phi) is 5.68. The molecule has 0 spiro atoms. The van der Waals surface area contributed by atoms with Gasteiger partial charge in [-0.15, -0.1) is 11.3 Å². The second-order valence-electron chi connectivity index (χ2n) is 4.98. The molecule has 6 heteroatoms. The molecule has 2 rings (SSSR count). The summed E-state index contributed by atoms with van der Waals surface area (Å²) in [6, 6.07) is 12.1. The van der Waals surface area contributed by atoms with Crippen LogP contribution >= 0.6 is 11.3 Å². The summed E-state index contributed by atoms with van der Waals surface area (Å²) in [7, 11) is 0. The number of primary amides is 1. The molecule has 2 amide bonds. The molecule has 0 saturated carbocycles. The Hall–Kier alpha value is -2.18. The van der Waals surface area contributed by atoms with Crippen LogP contribution in [0.15, 0.2) is 41.8 Å². The standard InChI is InChI=1S/C16H19N3O2S/c1-11-4-6-12(7-5-11)16(13-3-2-8-22-13)19-10-15(21)18-9-14(17)20/h2-8,16,19H,9-10H2,1H3,(H2,17,20)(H,18,21)/t16-/m0/s1. The van der Waals surface area contributed by atoms with Gasteiger partial charge in [0.15, 0.2) is 0 Å². The first-order valence-electron chi connectivity index (χ1n) is 6.94. The van der Waals surface area contributed by atoms with E-state index < -0.39 is 5.91 Å². The zero-order valence-corrected chi connectivity index (χ0v) is 13.2. The normalized spacial score (nSPS) is 11.9. The van der Waals surface area contributed by atoms with E-state index >= 15 is 0 Å². The molecule has 1 aromatic heterocycles. The third-order valence-corrected chi connectivity index (χ3v) is 4.10. The predicted octanol–water partition coefficient (Wildman–Crippen LogP) is 1.34. The maximum Gasteiger partial charge on any atom is 0.236 e. The molecular weight excluding hydrogens is 298 g/mol. The van der Waals surface area contributed by atoms with E-state index in [0.717, 1.165) is 10.4 Å². The third kappa shape index (κ3) is 4.68. The largest absolute Gasteiger partial charge is 0.368 e. The van der Waals surface area contributed by atoms with Crippen LogP contribution in [0.4, 0.5) is 0 Å². The number of carbonyl (C=O) groups is 2. The van der Waals surface area contributed by atoms with Crippen molar-refractivity contribution >= 4 is 23.2 Å². The molecule has 116 valence electrons. The fourth-order valence-electron chi connectivity index (χ4n) is 2.04. The number of rotatable bonds is 7. The summed E-state index contributed by atoms with van der Waals surface area (Å²) in [6.45, 7) is 2.01. The molecule has 1 heterocycles. The van der Waals surface area contributed by atoms with Crippen molar-refractivity contribution in [2.45, 2.75) is 13.0 Å². The van der Waals surface area contributed by atoms with E-state index in [0.29, 0.717) is 0 Å². The van der Waals surface area contributed by atoms with E-state index in [9.17, 15) is 9.59 Å². The van der Waals surface area contributed by atoms with Gasteiger partial charge in [-0.1, -0.05) is 35.9 Å². The van der Waals surface area contributed by atoms with Crippen LogP contribution < -0.4 is 16.4 Å². The molecule has 0 unspecified atom stereocenters. The van der Waals surface area contributed by atoms with Crippen molar-refractivity contribution in [2.75, 3.05) is 13.1 Å². The van der Waals surface area contributed by atoms with Gasteiger partial charge in [0.05, 0.1) is 19.1 Å². The van der Waals surface area contributed by atoms with E-state index in [1.807, 2.05) is 48.7 Å². The van der Waals surface area contributed by atoms with Gasteiger partial charge in [-0.05, 0) is 23.9 Å². The van der Waals surface area contributed by atoms with Crippen LogP contribution in [0.3, 0.4) is 0 Å². The minimum atomic E-state index is -0.554. The topological polar surface area (TPSA) is 84.2 Å². The molecule has 0 aliphatic heterocycles. The van der Waals surface area contributed by atoms with Gasteiger partial charge >= 0.3 is 0 Å². The first-order chi connectivity index (χ1) is 10.6. The molecule has 0 radical (unpaired) electrons. The van der Waals surface area contributed by atoms with Gasteiger partial charge in [-0.3, -0.25) is 14.9 Å². The highest BCUT2D eigenvalue weighted by atomic mass is 32.1. The Labute approximate surface area is 133 Å². The Bertz CT molecular complexity index is 623. The average molecular weight is 317 g/mol. The van der Waals surface area contributed by atoms with E-state index in [2.05, 4.69) is 10.6 Å². The molecule has 2 aromatic rings. The van der Waals surface area contributed by atoms with E-state index in [4.69, 9.17) is 5.73 Å². The monoisotopic (exact) mass is 317 g/mol. The van der Waals surface area contributed by atoms with Crippen LogP contribution in [0.1, 0.15) is 22.0 Å². The van der Waals surface area contributed by atoms with Gasteiger partial charge < -0.3 is 11.1 Å². The molecule has 0 saturated heterocycles. The zero-order valence-electron chi connectivity index (χ0n) is 12.3. The highest BCUT2D eigenvalue weighted by molar-refractivity contribution is 7.10. The van der Waals surface area contributed by atoms with Crippen molar-refractivity contribution < 1.29 is 9.59 Å². The lowest BCUT2D eigenvalue weighted by molar-refractivity contribution is -0.124. The van der Waals surface area contributed by atoms with Gasteiger partial charge in [-0.25, -0.2) is 0 Å². The predicted molar refractivity (Wildman–Crippen MR) is 87.5 cm³/mol. The van der Waals surface area contributed by atoms with Crippen LogP contribution in [-0.2, 0) is 9.59 Å². The Balaban J connectivity index is 2.05. The Morgan fingerprint density at radius 3 is 2.50 bits per heavy atom. The van der Waals surface area contributed by atoms with Crippen molar-refractivity contribution in [3.63, 3.8) is 0 Å². The number of carbonyl (C=O) groups excluding carboxylic acids is 2. The summed E-state index contributed by atoms with van der Waals surface area (Å²) in [5.74, 6) is -0.811.